The third kappa shape index (κ3) is 8.01. The van der Waals surface area contributed by atoms with Gasteiger partial charge in [-0.2, -0.15) is 0 Å². The molecule has 0 aromatic rings. The van der Waals surface area contributed by atoms with Gasteiger partial charge in [0.1, 0.15) is 0 Å². The highest BCUT2D eigenvalue weighted by Gasteiger charge is 2.27. The Morgan fingerprint density at radius 1 is 1.33 bits per heavy atom. The minimum absolute atomic E-state index is 0.0433. The highest BCUT2D eigenvalue weighted by Crippen LogP contribution is 2.27. The Hall–Kier alpha value is -1.16. The highest BCUT2D eigenvalue weighted by atomic mass is 16.5. The predicted molar refractivity (Wildman–Crippen MR) is 70.0 cm³/mol. The van der Waals surface area contributed by atoms with Gasteiger partial charge in [0.15, 0.2) is 5.78 Å². The molecule has 0 bridgehead atoms. The van der Waals surface area contributed by atoms with Crippen LogP contribution in [0.15, 0.2) is 12.2 Å². The van der Waals surface area contributed by atoms with Crippen LogP contribution in [0.5, 0.6) is 0 Å². The lowest BCUT2D eigenvalue weighted by Gasteiger charge is -2.23. The summed E-state index contributed by atoms with van der Waals surface area (Å²) < 4.78 is 4.99. The van der Waals surface area contributed by atoms with Gasteiger partial charge in [0, 0.05) is 6.42 Å². The molecule has 0 rings (SSSR count). The quantitative estimate of drug-likeness (QED) is 0.559. The lowest BCUT2D eigenvalue weighted by molar-refractivity contribution is -0.150. The summed E-state index contributed by atoms with van der Waals surface area (Å²) >= 11 is 0. The Labute approximate surface area is 109 Å². The third-order valence-electron chi connectivity index (χ3n) is 2.34. The van der Waals surface area contributed by atoms with Crippen molar-refractivity contribution in [2.75, 3.05) is 13.2 Å². The predicted octanol–water partition coefficient (Wildman–Crippen LogP) is 2.11. The molecule has 0 aliphatic rings. The Balaban J connectivity index is 4.61. The van der Waals surface area contributed by atoms with E-state index in [4.69, 9.17) is 9.84 Å². The number of aliphatic hydroxyl groups is 1. The molecule has 0 heterocycles. The molecule has 18 heavy (non-hydrogen) atoms. The summed E-state index contributed by atoms with van der Waals surface area (Å²) in [5.41, 5.74) is -0.0433. The van der Waals surface area contributed by atoms with Crippen LogP contribution in [0.1, 0.15) is 40.5 Å². The van der Waals surface area contributed by atoms with Gasteiger partial charge in [-0.3, -0.25) is 9.59 Å². The summed E-state index contributed by atoms with van der Waals surface area (Å²) in [5.74, 6) is -0.898. The summed E-state index contributed by atoms with van der Waals surface area (Å²) in [7, 11) is 0. The van der Waals surface area contributed by atoms with Crippen LogP contribution in [0.25, 0.3) is 0 Å². The Morgan fingerprint density at radius 2 is 1.94 bits per heavy atom. The van der Waals surface area contributed by atoms with E-state index in [2.05, 4.69) is 0 Å². The summed E-state index contributed by atoms with van der Waals surface area (Å²) in [6, 6.07) is 0. The van der Waals surface area contributed by atoms with Gasteiger partial charge in [0.05, 0.1) is 19.1 Å². The second kappa shape index (κ2) is 8.03. The fraction of sp³-hybridized carbons (Fsp3) is 0.714. The van der Waals surface area contributed by atoms with E-state index in [-0.39, 0.29) is 30.2 Å². The van der Waals surface area contributed by atoms with Crippen molar-refractivity contribution < 1.29 is 19.4 Å². The molecule has 0 fully saturated rings. The zero-order valence-electron chi connectivity index (χ0n) is 11.7. The van der Waals surface area contributed by atoms with Crippen molar-refractivity contribution in [3.05, 3.63) is 12.2 Å². The van der Waals surface area contributed by atoms with E-state index in [1.54, 1.807) is 6.92 Å². The van der Waals surface area contributed by atoms with Gasteiger partial charge in [0.2, 0.25) is 0 Å². The van der Waals surface area contributed by atoms with Crippen LogP contribution < -0.4 is 0 Å². The smallest absolute Gasteiger partial charge is 0.309 e. The molecular weight excluding hydrogens is 232 g/mol. The van der Waals surface area contributed by atoms with Gasteiger partial charge >= 0.3 is 5.97 Å². The lowest BCUT2D eigenvalue weighted by atomic mass is 9.82. The van der Waals surface area contributed by atoms with Crippen LogP contribution in [-0.4, -0.2) is 30.1 Å². The molecular formula is C14H24O4. The van der Waals surface area contributed by atoms with E-state index in [9.17, 15) is 9.59 Å². The number of ketones is 1. The maximum atomic E-state index is 11.8. The number of allylic oxidation sites excluding steroid dienone is 1. The van der Waals surface area contributed by atoms with Crippen molar-refractivity contribution in [3.63, 3.8) is 0 Å². The number of ether oxygens (including phenoxy) is 1. The van der Waals surface area contributed by atoms with Crippen LogP contribution in [0.3, 0.4) is 0 Å². The number of hydrogen-bond donors (Lipinski definition) is 1. The Bertz CT molecular complexity index is 299. The van der Waals surface area contributed by atoms with Crippen molar-refractivity contribution in [1.82, 2.24) is 0 Å². The van der Waals surface area contributed by atoms with Crippen LogP contribution in [0.4, 0.5) is 0 Å². The molecule has 0 aromatic heterocycles. The first-order valence-electron chi connectivity index (χ1n) is 6.27. The van der Waals surface area contributed by atoms with E-state index in [1.807, 2.05) is 20.8 Å². The van der Waals surface area contributed by atoms with Gasteiger partial charge < -0.3 is 9.84 Å². The van der Waals surface area contributed by atoms with Crippen molar-refractivity contribution in [1.29, 1.82) is 0 Å². The Morgan fingerprint density at radius 3 is 2.39 bits per heavy atom. The number of esters is 1. The first-order valence-corrected chi connectivity index (χ1v) is 6.27. The van der Waals surface area contributed by atoms with Crippen molar-refractivity contribution in [2.45, 2.75) is 40.5 Å². The van der Waals surface area contributed by atoms with E-state index >= 15 is 0 Å². The SMILES string of the molecule is CCOC(=O)C(CC(=O)/C=C/CO)CC(C)(C)C. The standard InChI is InChI=1S/C14H24O4/c1-5-18-13(17)11(10-14(2,3)4)9-12(16)7-6-8-15/h6-7,11,15H,5,8-10H2,1-4H3/b7-6+. The minimum Gasteiger partial charge on any atom is -0.466 e. The monoisotopic (exact) mass is 256 g/mol. The van der Waals surface area contributed by atoms with Crippen LogP contribution in [-0.2, 0) is 14.3 Å². The van der Waals surface area contributed by atoms with E-state index in [0.29, 0.717) is 13.0 Å². The molecule has 0 aliphatic heterocycles. The second-order valence-electron chi connectivity index (χ2n) is 5.47. The molecule has 0 aromatic carbocycles. The maximum absolute atomic E-state index is 11.8. The normalized spacial score (nSPS) is 13.6. The van der Waals surface area contributed by atoms with Gasteiger partial charge in [-0.15, -0.1) is 0 Å². The summed E-state index contributed by atoms with van der Waals surface area (Å²) in [6.45, 7) is 7.96. The number of aliphatic hydroxyl groups excluding tert-OH is 1. The largest absolute Gasteiger partial charge is 0.466 e. The number of carbonyl (C=O) groups is 2. The molecule has 0 amide bonds. The zero-order chi connectivity index (χ0) is 14.2. The van der Waals surface area contributed by atoms with Crippen LogP contribution in [0.2, 0.25) is 0 Å². The Kier molecular flexibility index (Phi) is 7.51. The average Bonchev–Trinajstić information content (AvgIpc) is 2.24. The highest BCUT2D eigenvalue weighted by molar-refractivity contribution is 5.92. The first-order chi connectivity index (χ1) is 8.30. The van der Waals surface area contributed by atoms with Crippen molar-refractivity contribution in [3.8, 4) is 0 Å². The minimum atomic E-state index is -0.416. The molecule has 0 aliphatic carbocycles. The molecule has 0 spiro atoms. The zero-order valence-corrected chi connectivity index (χ0v) is 11.7. The number of rotatable bonds is 7. The molecule has 104 valence electrons. The third-order valence-corrected chi connectivity index (χ3v) is 2.34. The first kappa shape index (κ1) is 16.8. The molecule has 4 heteroatoms. The lowest BCUT2D eigenvalue weighted by Crippen LogP contribution is -2.25. The summed E-state index contributed by atoms with van der Waals surface area (Å²) in [4.78, 5) is 23.4. The molecule has 1 atom stereocenters. The van der Waals surface area contributed by atoms with Crippen LogP contribution >= 0.6 is 0 Å². The molecule has 0 saturated carbocycles. The van der Waals surface area contributed by atoms with Crippen molar-refractivity contribution >= 4 is 11.8 Å². The molecule has 1 unspecified atom stereocenters. The topological polar surface area (TPSA) is 63.6 Å². The van der Waals surface area contributed by atoms with E-state index in [0.717, 1.165) is 0 Å². The number of hydrogen-bond acceptors (Lipinski definition) is 4. The molecule has 0 radical (unpaired) electrons. The van der Waals surface area contributed by atoms with Gasteiger partial charge in [-0.25, -0.2) is 0 Å². The average molecular weight is 256 g/mol. The summed E-state index contributed by atoms with van der Waals surface area (Å²) in [6.07, 6.45) is 3.42. The maximum Gasteiger partial charge on any atom is 0.309 e. The fourth-order valence-electron chi connectivity index (χ4n) is 1.73. The van der Waals surface area contributed by atoms with Gasteiger partial charge in [-0.1, -0.05) is 26.8 Å². The fourth-order valence-corrected chi connectivity index (χ4v) is 1.73. The molecule has 1 N–H and O–H groups in total. The van der Waals surface area contributed by atoms with E-state index < -0.39 is 5.92 Å². The van der Waals surface area contributed by atoms with Crippen molar-refractivity contribution in [2.24, 2.45) is 11.3 Å². The van der Waals surface area contributed by atoms with E-state index in [1.165, 1.54) is 12.2 Å². The molecule has 4 nitrogen and oxygen atoms in total. The number of carbonyl (C=O) groups excluding carboxylic acids is 2. The second-order valence-corrected chi connectivity index (χ2v) is 5.47. The van der Waals surface area contributed by atoms with Crippen LogP contribution in [0, 0.1) is 11.3 Å². The molecule has 0 saturated heterocycles. The van der Waals surface area contributed by atoms with Gasteiger partial charge in [-0.05, 0) is 24.8 Å². The summed E-state index contributed by atoms with van der Waals surface area (Å²) in [5, 5.41) is 8.60. The van der Waals surface area contributed by atoms with Gasteiger partial charge in [0.25, 0.3) is 0 Å².